The van der Waals surface area contributed by atoms with Crippen molar-refractivity contribution in [3.05, 3.63) is 47.0 Å². The summed E-state index contributed by atoms with van der Waals surface area (Å²) in [5.41, 5.74) is 1.88. The van der Waals surface area contributed by atoms with Gasteiger partial charge in [-0.3, -0.25) is 0 Å². The van der Waals surface area contributed by atoms with E-state index in [-0.39, 0.29) is 21.3 Å². The van der Waals surface area contributed by atoms with Gasteiger partial charge < -0.3 is 10.2 Å². The van der Waals surface area contributed by atoms with Crippen LogP contribution in [0, 0.1) is 20.8 Å². The Kier molecular flexibility index (Phi) is 3.48. The molecule has 0 amide bonds. The van der Waals surface area contributed by atoms with Gasteiger partial charge in [-0.1, -0.05) is 6.07 Å². The Labute approximate surface area is 118 Å². The number of hydrogen-bond donors (Lipinski definition) is 2. The van der Waals surface area contributed by atoms with Crippen LogP contribution in [0.15, 0.2) is 40.1 Å². The molecule has 2 N–H and O–H groups in total. The van der Waals surface area contributed by atoms with Gasteiger partial charge in [0.15, 0.2) is 0 Å². The Balaban J connectivity index is 2.70. The number of hydrogen-bond acceptors (Lipinski definition) is 4. The van der Waals surface area contributed by atoms with Crippen LogP contribution >= 0.6 is 0 Å². The van der Waals surface area contributed by atoms with Crippen molar-refractivity contribution in [3.8, 4) is 11.5 Å². The van der Waals surface area contributed by atoms with Crippen molar-refractivity contribution in [1.29, 1.82) is 0 Å². The molecule has 0 saturated heterocycles. The average molecular weight is 292 g/mol. The minimum absolute atomic E-state index is 0.00806. The van der Waals surface area contributed by atoms with Crippen LogP contribution in [0.1, 0.15) is 16.7 Å². The highest BCUT2D eigenvalue weighted by molar-refractivity contribution is 7.91. The summed E-state index contributed by atoms with van der Waals surface area (Å²) in [4.78, 5) is 0.0620. The maximum atomic E-state index is 12.6. The van der Waals surface area contributed by atoms with Crippen LogP contribution < -0.4 is 0 Å². The number of rotatable bonds is 2. The molecule has 0 aliphatic carbocycles. The van der Waals surface area contributed by atoms with E-state index in [1.807, 2.05) is 0 Å². The second-order valence-corrected chi connectivity index (χ2v) is 6.76. The zero-order valence-electron chi connectivity index (χ0n) is 11.5. The molecule has 2 rings (SSSR count). The fraction of sp³-hybridized carbons (Fsp3) is 0.200. The van der Waals surface area contributed by atoms with Crippen molar-refractivity contribution in [2.45, 2.75) is 30.6 Å². The quantitative estimate of drug-likeness (QED) is 0.892. The average Bonchev–Trinajstić information content (AvgIpc) is 2.36. The Hall–Kier alpha value is -2.01. The summed E-state index contributed by atoms with van der Waals surface area (Å²) in [5.74, 6) is -0.163. The minimum Gasteiger partial charge on any atom is -0.508 e. The molecule has 0 aliphatic rings. The zero-order valence-corrected chi connectivity index (χ0v) is 12.3. The van der Waals surface area contributed by atoms with Crippen molar-refractivity contribution in [1.82, 2.24) is 0 Å². The number of phenolic OH excluding ortho intramolecular Hbond substituents is 2. The standard InChI is InChI=1S/C15H16O4S/c1-9-4-5-13(8-14(9)17)20(18,19)15-7-12(16)6-10(2)11(15)3/h4-8,16-17H,1-3H3. The van der Waals surface area contributed by atoms with Gasteiger partial charge in [0.25, 0.3) is 0 Å². The summed E-state index contributed by atoms with van der Waals surface area (Å²) in [7, 11) is -3.77. The molecule has 0 bridgehead atoms. The molecule has 0 aliphatic heterocycles. The third-order valence-corrected chi connectivity index (χ3v) is 5.26. The summed E-state index contributed by atoms with van der Waals surface area (Å²) in [6, 6.07) is 6.97. The molecule has 2 aromatic rings. The van der Waals surface area contributed by atoms with E-state index in [0.717, 1.165) is 0 Å². The van der Waals surface area contributed by atoms with E-state index in [1.54, 1.807) is 26.8 Å². The SMILES string of the molecule is Cc1ccc(S(=O)(=O)c2cc(O)cc(C)c2C)cc1O. The smallest absolute Gasteiger partial charge is 0.207 e. The molecule has 0 fully saturated rings. The first-order valence-corrected chi connectivity index (χ1v) is 7.56. The lowest BCUT2D eigenvalue weighted by atomic mass is 10.1. The second-order valence-electron chi connectivity index (χ2n) is 4.84. The van der Waals surface area contributed by atoms with Crippen molar-refractivity contribution in [3.63, 3.8) is 0 Å². The van der Waals surface area contributed by atoms with E-state index in [0.29, 0.717) is 16.7 Å². The third-order valence-electron chi connectivity index (χ3n) is 3.38. The topological polar surface area (TPSA) is 74.6 Å². The lowest BCUT2D eigenvalue weighted by Gasteiger charge is -2.11. The van der Waals surface area contributed by atoms with Gasteiger partial charge in [0.1, 0.15) is 11.5 Å². The largest absolute Gasteiger partial charge is 0.508 e. The summed E-state index contributed by atoms with van der Waals surface area (Å²) in [5, 5.41) is 19.3. The maximum absolute atomic E-state index is 12.6. The highest BCUT2D eigenvalue weighted by atomic mass is 32.2. The molecule has 0 radical (unpaired) electrons. The maximum Gasteiger partial charge on any atom is 0.207 e. The molecule has 0 atom stereocenters. The number of aryl methyl sites for hydroxylation is 2. The van der Waals surface area contributed by atoms with Crippen molar-refractivity contribution in [2.75, 3.05) is 0 Å². The van der Waals surface area contributed by atoms with E-state index in [9.17, 15) is 18.6 Å². The van der Waals surface area contributed by atoms with Crippen molar-refractivity contribution < 1.29 is 18.6 Å². The van der Waals surface area contributed by atoms with E-state index in [4.69, 9.17) is 0 Å². The van der Waals surface area contributed by atoms with E-state index in [2.05, 4.69) is 0 Å². The van der Waals surface area contributed by atoms with Crippen molar-refractivity contribution >= 4 is 9.84 Å². The van der Waals surface area contributed by atoms with Gasteiger partial charge in [-0.05, 0) is 61.7 Å². The number of aromatic hydroxyl groups is 2. The first-order chi connectivity index (χ1) is 9.23. The lowest BCUT2D eigenvalue weighted by Crippen LogP contribution is -2.05. The third kappa shape index (κ3) is 2.36. The summed E-state index contributed by atoms with van der Waals surface area (Å²) >= 11 is 0. The van der Waals surface area contributed by atoms with Crippen LogP contribution in [0.5, 0.6) is 11.5 Å². The van der Waals surface area contributed by atoms with Gasteiger partial charge in [0.05, 0.1) is 9.79 Å². The number of phenols is 2. The predicted molar refractivity (Wildman–Crippen MR) is 75.9 cm³/mol. The monoisotopic (exact) mass is 292 g/mol. The van der Waals surface area contributed by atoms with Crippen LogP contribution in [-0.4, -0.2) is 18.6 Å². The molecule has 0 heterocycles. The molecule has 106 valence electrons. The van der Waals surface area contributed by atoms with Gasteiger partial charge in [-0.15, -0.1) is 0 Å². The fourth-order valence-corrected chi connectivity index (χ4v) is 3.58. The molecule has 0 aromatic heterocycles. The van der Waals surface area contributed by atoms with Crippen LogP contribution in [0.4, 0.5) is 0 Å². The molecular weight excluding hydrogens is 276 g/mol. The van der Waals surface area contributed by atoms with Crippen LogP contribution in [0.2, 0.25) is 0 Å². The van der Waals surface area contributed by atoms with E-state index < -0.39 is 9.84 Å². The summed E-state index contributed by atoms with van der Waals surface area (Å²) in [6.45, 7) is 5.12. The predicted octanol–water partition coefficient (Wildman–Crippen LogP) is 2.86. The van der Waals surface area contributed by atoms with Gasteiger partial charge in [-0.25, -0.2) is 8.42 Å². The van der Waals surface area contributed by atoms with Gasteiger partial charge in [0.2, 0.25) is 9.84 Å². The van der Waals surface area contributed by atoms with Gasteiger partial charge in [-0.2, -0.15) is 0 Å². The highest BCUT2D eigenvalue weighted by Gasteiger charge is 2.22. The Morgan fingerprint density at radius 3 is 2.15 bits per heavy atom. The van der Waals surface area contributed by atoms with Crippen LogP contribution in [0.3, 0.4) is 0 Å². The molecule has 0 spiro atoms. The number of benzene rings is 2. The Bertz CT molecular complexity index is 777. The van der Waals surface area contributed by atoms with E-state index in [1.165, 1.54) is 24.3 Å². The van der Waals surface area contributed by atoms with Crippen LogP contribution in [0.25, 0.3) is 0 Å². The summed E-state index contributed by atoms with van der Waals surface area (Å²) < 4.78 is 25.2. The van der Waals surface area contributed by atoms with Gasteiger partial charge >= 0.3 is 0 Å². The van der Waals surface area contributed by atoms with E-state index >= 15 is 0 Å². The molecular formula is C15H16O4S. The first-order valence-electron chi connectivity index (χ1n) is 6.08. The highest BCUT2D eigenvalue weighted by Crippen LogP contribution is 2.31. The van der Waals surface area contributed by atoms with Crippen LogP contribution in [-0.2, 0) is 9.84 Å². The fourth-order valence-electron chi connectivity index (χ4n) is 1.97. The first kappa shape index (κ1) is 14.4. The molecule has 4 nitrogen and oxygen atoms in total. The molecule has 5 heteroatoms. The second kappa shape index (κ2) is 4.83. The normalized spacial score (nSPS) is 11.6. The Morgan fingerprint density at radius 2 is 1.55 bits per heavy atom. The van der Waals surface area contributed by atoms with Gasteiger partial charge in [0, 0.05) is 0 Å². The molecule has 0 saturated carbocycles. The van der Waals surface area contributed by atoms with Crippen molar-refractivity contribution in [2.24, 2.45) is 0 Å². The molecule has 2 aromatic carbocycles. The molecule has 0 unspecified atom stereocenters. The number of sulfone groups is 1. The minimum atomic E-state index is -3.77. The Morgan fingerprint density at radius 1 is 0.900 bits per heavy atom. The zero-order chi connectivity index (χ0) is 15.1. The summed E-state index contributed by atoms with van der Waals surface area (Å²) in [6.07, 6.45) is 0. The lowest BCUT2D eigenvalue weighted by molar-refractivity contribution is 0.469. The molecule has 20 heavy (non-hydrogen) atoms.